The molecule has 1 rings (SSSR count). The maximum atomic E-state index is 12.3. The van der Waals surface area contributed by atoms with Crippen molar-refractivity contribution in [3.05, 3.63) is 33.4 Å². The van der Waals surface area contributed by atoms with Crippen LogP contribution < -0.4 is 11.1 Å². The number of halogens is 2. The summed E-state index contributed by atoms with van der Waals surface area (Å²) in [4.78, 5) is 12.3. The van der Waals surface area contributed by atoms with E-state index in [2.05, 4.69) is 41.8 Å². The summed E-state index contributed by atoms with van der Waals surface area (Å²) in [6.45, 7) is 6.71. The SMILES string of the molecule is CC(C)CC(C)(CN)NC(=O)c1ccccc1I.Cl. The van der Waals surface area contributed by atoms with Crippen LogP contribution in [-0.2, 0) is 0 Å². The first-order valence-corrected chi connectivity index (χ1v) is 7.23. The Labute approximate surface area is 135 Å². The second-order valence-electron chi connectivity index (χ2n) is 5.30. The fourth-order valence-electron chi connectivity index (χ4n) is 2.07. The van der Waals surface area contributed by atoms with Crippen LogP contribution in [0.2, 0.25) is 0 Å². The summed E-state index contributed by atoms with van der Waals surface area (Å²) in [7, 11) is 0. The number of amides is 1. The third kappa shape index (κ3) is 5.67. The molecule has 0 saturated heterocycles. The van der Waals surface area contributed by atoms with E-state index >= 15 is 0 Å². The lowest BCUT2D eigenvalue weighted by Gasteiger charge is -2.31. The van der Waals surface area contributed by atoms with Gasteiger partial charge in [-0.25, -0.2) is 0 Å². The number of hydrogen-bond donors (Lipinski definition) is 2. The molecule has 19 heavy (non-hydrogen) atoms. The molecule has 0 aliphatic carbocycles. The van der Waals surface area contributed by atoms with Crippen LogP contribution in [0.3, 0.4) is 0 Å². The molecular formula is C14H22ClIN2O. The summed E-state index contributed by atoms with van der Waals surface area (Å²) in [6, 6.07) is 7.56. The maximum absolute atomic E-state index is 12.3. The van der Waals surface area contributed by atoms with E-state index < -0.39 is 0 Å². The fourth-order valence-corrected chi connectivity index (χ4v) is 2.71. The third-order valence-electron chi connectivity index (χ3n) is 2.84. The van der Waals surface area contributed by atoms with E-state index in [1.165, 1.54) is 0 Å². The zero-order chi connectivity index (χ0) is 13.8. The number of carbonyl (C=O) groups excluding carboxylic acids is 1. The zero-order valence-corrected chi connectivity index (χ0v) is 14.5. The van der Waals surface area contributed by atoms with Crippen molar-refractivity contribution in [1.82, 2.24) is 5.32 Å². The number of rotatable bonds is 5. The summed E-state index contributed by atoms with van der Waals surface area (Å²) in [5.41, 5.74) is 6.17. The molecular weight excluding hydrogens is 375 g/mol. The van der Waals surface area contributed by atoms with Crippen molar-refractivity contribution in [3.63, 3.8) is 0 Å². The summed E-state index contributed by atoms with van der Waals surface area (Å²) in [6.07, 6.45) is 0.874. The quantitative estimate of drug-likeness (QED) is 0.751. The van der Waals surface area contributed by atoms with Crippen LogP contribution in [0.5, 0.6) is 0 Å². The number of carbonyl (C=O) groups is 1. The van der Waals surface area contributed by atoms with Crippen molar-refractivity contribution in [2.24, 2.45) is 11.7 Å². The molecule has 1 aromatic rings. The van der Waals surface area contributed by atoms with Crippen molar-refractivity contribution >= 4 is 40.9 Å². The average Bonchev–Trinajstić information content (AvgIpc) is 2.28. The lowest BCUT2D eigenvalue weighted by molar-refractivity contribution is 0.0897. The molecule has 108 valence electrons. The van der Waals surface area contributed by atoms with Crippen molar-refractivity contribution in [3.8, 4) is 0 Å². The van der Waals surface area contributed by atoms with E-state index in [0.717, 1.165) is 9.99 Å². The Morgan fingerprint density at radius 3 is 2.47 bits per heavy atom. The van der Waals surface area contributed by atoms with Gasteiger partial charge in [-0.3, -0.25) is 4.79 Å². The average molecular weight is 397 g/mol. The van der Waals surface area contributed by atoms with E-state index in [9.17, 15) is 4.79 Å². The normalized spacial score (nSPS) is 13.6. The van der Waals surface area contributed by atoms with Gasteiger partial charge in [0.1, 0.15) is 0 Å². The number of nitrogens with one attached hydrogen (secondary N) is 1. The van der Waals surface area contributed by atoms with Gasteiger partial charge in [-0.2, -0.15) is 0 Å². The first-order chi connectivity index (χ1) is 8.38. The molecule has 0 aromatic heterocycles. The first kappa shape index (κ1) is 18.7. The maximum Gasteiger partial charge on any atom is 0.252 e. The van der Waals surface area contributed by atoms with Crippen LogP contribution in [0.15, 0.2) is 24.3 Å². The molecule has 0 aliphatic rings. The highest BCUT2D eigenvalue weighted by Gasteiger charge is 2.26. The number of hydrogen-bond acceptors (Lipinski definition) is 2. The Morgan fingerprint density at radius 2 is 2.00 bits per heavy atom. The Hall–Kier alpha value is -0.330. The molecule has 0 fully saturated rings. The van der Waals surface area contributed by atoms with E-state index in [1.54, 1.807) is 0 Å². The first-order valence-electron chi connectivity index (χ1n) is 6.15. The molecule has 0 heterocycles. The van der Waals surface area contributed by atoms with Crippen molar-refractivity contribution in [2.45, 2.75) is 32.7 Å². The molecule has 0 aliphatic heterocycles. The third-order valence-corrected chi connectivity index (χ3v) is 3.78. The van der Waals surface area contributed by atoms with Crippen molar-refractivity contribution < 1.29 is 4.79 Å². The van der Waals surface area contributed by atoms with Crippen LogP contribution in [-0.4, -0.2) is 18.0 Å². The fraction of sp³-hybridized carbons (Fsp3) is 0.500. The molecule has 0 saturated carbocycles. The summed E-state index contributed by atoms with van der Waals surface area (Å²) >= 11 is 2.17. The van der Waals surface area contributed by atoms with E-state index in [1.807, 2.05) is 31.2 Å². The van der Waals surface area contributed by atoms with Gasteiger partial charge in [0.2, 0.25) is 0 Å². The van der Waals surface area contributed by atoms with Gasteiger partial charge in [-0.1, -0.05) is 26.0 Å². The van der Waals surface area contributed by atoms with Gasteiger partial charge in [0.05, 0.1) is 5.56 Å². The monoisotopic (exact) mass is 396 g/mol. The van der Waals surface area contributed by atoms with Crippen LogP contribution in [0.25, 0.3) is 0 Å². The van der Waals surface area contributed by atoms with Gasteiger partial charge >= 0.3 is 0 Å². The van der Waals surface area contributed by atoms with Gasteiger partial charge in [0.15, 0.2) is 0 Å². The highest BCUT2D eigenvalue weighted by Crippen LogP contribution is 2.18. The van der Waals surface area contributed by atoms with Gasteiger partial charge in [0.25, 0.3) is 5.91 Å². The van der Waals surface area contributed by atoms with Gasteiger partial charge in [-0.05, 0) is 54.0 Å². The summed E-state index contributed by atoms with van der Waals surface area (Å²) in [5, 5.41) is 3.06. The smallest absolute Gasteiger partial charge is 0.252 e. The Kier molecular flexibility index (Phi) is 7.93. The van der Waals surface area contributed by atoms with E-state index in [-0.39, 0.29) is 23.9 Å². The predicted molar refractivity (Wildman–Crippen MR) is 90.8 cm³/mol. The van der Waals surface area contributed by atoms with E-state index in [0.29, 0.717) is 18.0 Å². The minimum absolute atomic E-state index is 0. The van der Waals surface area contributed by atoms with Crippen LogP contribution >= 0.6 is 35.0 Å². The predicted octanol–water partition coefficient (Wildman–Crippen LogP) is 3.21. The van der Waals surface area contributed by atoms with Gasteiger partial charge in [0, 0.05) is 15.7 Å². The molecule has 0 spiro atoms. The largest absolute Gasteiger partial charge is 0.346 e. The van der Waals surface area contributed by atoms with E-state index in [4.69, 9.17) is 5.73 Å². The molecule has 1 unspecified atom stereocenters. The minimum atomic E-state index is -0.343. The second kappa shape index (κ2) is 8.07. The zero-order valence-electron chi connectivity index (χ0n) is 11.6. The molecule has 0 bridgehead atoms. The number of nitrogens with two attached hydrogens (primary N) is 1. The minimum Gasteiger partial charge on any atom is -0.346 e. The molecule has 5 heteroatoms. The lowest BCUT2D eigenvalue weighted by Crippen LogP contribution is -2.52. The van der Waals surface area contributed by atoms with Gasteiger partial charge in [-0.15, -0.1) is 12.4 Å². The lowest BCUT2D eigenvalue weighted by atomic mass is 9.90. The standard InChI is InChI=1S/C14H21IN2O.ClH/c1-10(2)8-14(3,9-16)17-13(18)11-6-4-5-7-12(11)15;/h4-7,10H,8-9,16H2,1-3H3,(H,17,18);1H. The van der Waals surface area contributed by atoms with Crippen molar-refractivity contribution in [2.75, 3.05) is 6.54 Å². The molecule has 0 radical (unpaired) electrons. The van der Waals surface area contributed by atoms with Crippen LogP contribution in [0, 0.1) is 9.49 Å². The molecule has 1 amide bonds. The second-order valence-corrected chi connectivity index (χ2v) is 6.46. The molecule has 3 nitrogen and oxygen atoms in total. The number of benzene rings is 1. The summed E-state index contributed by atoms with van der Waals surface area (Å²) in [5.74, 6) is 0.447. The van der Waals surface area contributed by atoms with Crippen molar-refractivity contribution in [1.29, 1.82) is 0 Å². The Bertz CT molecular complexity index is 426. The Balaban J connectivity index is 0.00000324. The Morgan fingerprint density at radius 1 is 1.42 bits per heavy atom. The highest BCUT2D eigenvalue weighted by atomic mass is 127. The van der Waals surface area contributed by atoms with Crippen LogP contribution in [0.1, 0.15) is 37.6 Å². The molecule has 1 atom stereocenters. The highest BCUT2D eigenvalue weighted by molar-refractivity contribution is 14.1. The summed E-state index contributed by atoms with van der Waals surface area (Å²) < 4.78 is 0.955. The molecule has 1 aromatic carbocycles. The van der Waals surface area contributed by atoms with Gasteiger partial charge < -0.3 is 11.1 Å². The topological polar surface area (TPSA) is 55.1 Å². The molecule has 3 N–H and O–H groups in total. The van der Waals surface area contributed by atoms with Crippen LogP contribution in [0.4, 0.5) is 0 Å².